The summed E-state index contributed by atoms with van der Waals surface area (Å²) in [6.45, 7) is 0. The summed E-state index contributed by atoms with van der Waals surface area (Å²) in [6, 6.07) is 1.06. The van der Waals surface area contributed by atoms with Crippen LogP contribution in [0.15, 0.2) is 12.3 Å². The molecule has 0 aliphatic rings. The number of hydrogen-bond acceptors (Lipinski definition) is 4. The largest absolute Gasteiger partial charge is 0.469 e. The number of halogens is 3. The highest BCUT2D eigenvalue weighted by atomic mass is 19.4. The van der Waals surface area contributed by atoms with Gasteiger partial charge in [0.15, 0.2) is 0 Å². The zero-order valence-corrected chi connectivity index (χ0v) is 8.34. The Kier molecular flexibility index (Phi) is 3.36. The van der Waals surface area contributed by atoms with Crippen molar-refractivity contribution < 1.29 is 22.7 Å². The first-order valence-electron chi connectivity index (χ1n) is 4.23. The van der Waals surface area contributed by atoms with E-state index in [2.05, 4.69) is 9.72 Å². The number of carbonyl (C=O) groups is 1. The van der Waals surface area contributed by atoms with Crippen LogP contribution in [0.25, 0.3) is 0 Å². The number of rotatable bonds is 2. The van der Waals surface area contributed by atoms with Crippen LogP contribution in [0.5, 0.6) is 0 Å². The van der Waals surface area contributed by atoms with Crippen LogP contribution in [0.3, 0.4) is 0 Å². The minimum absolute atomic E-state index is 0.0619. The SMILES string of the molecule is COC(=O)Cc1cc(N)cnc1C(F)(F)F. The second-order valence-corrected chi connectivity index (χ2v) is 3.03. The van der Waals surface area contributed by atoms with E-state index in [0.717, 1.165) is 19.4 Å². The van der Waals surface area contributed by atoms with Gasteiger partial charge in [-0.05, 0) is 11.6 Å². The molecular weight excluding hydrogens is 225 g/mol. The summed E-state index contributed by atoms with van der Waals surface area (Å²) < 4.78 is 41.7. The van der Waals surface area contributed by atoms with Crippen LogP contribution in [0.1, 0.15) is 11.3 Å². The molecule has 0 saturated carbocycles. The molecule has 0 unspecified atom stereocenters. The maximum atomic E-state index is 12.5. The lowest BCUT2D eigenvalue weighted by molar-refractivity contribution is -0.143. The molecule has 0 amide bonds. The second-order valence-electron chi connectivity index (χ2n) is 3.03. The minimum Gasteiger partial charge on any atom is -0.469 e. The van der Waals surface area contributed by atoms with E-state index in [1.165, 1.54) is 0 Å². The van der Waals surface area contributed by atoms with Gasteiger partial charge in [-0.2, -0.15) is 13.2 Å². The van der Waals surface area contributed by atoms with Gasteiger partial charge in [-0.15, -0.1) is 0 Å². The Labute approximate surface area is 89.2 Å². The highest BCUT2D eigenvalue weighted by Gasteiger charge is 2.35. The summed E-state index contributed by atoms with van der Waals surface area (Å²) in [4.78, 5) is 14.1. The number of carbonyl (C=O) groups excluding carboxylic acids is 1. The van der Waals surface area contributed by atoms with Gasteiger partial charge in [0.2, 0.25) is 0 Å². The van der Waals surface area contributed by atoms with Crippen molar-refractivity contribution in [2.75, 3.05) is 12.8 Å². The molecule has 16 heavy (non-hydrogen) atoms. The summed E-state index contributed by atoms with van der Waals surface area (Å²) in [5.74, 6) is -0.780. The van der Waals surface area contributed by atoms with Gasteiger partial charge in [-0.1, -0.05) is 0 Å². The van der Waals surface area contributed by atoms with E-state index in [1.807, 2.05) is 0 Å². The van der Waals surface area contributed by atoms with E-state index in [-0.39, 0.29) is 11.3 Å². The molecule has 1 aromatic heterocycles. The smallest absolute Gasteiger partial charge is 0.433 e. The molecule has 0 fully saturated rings. The number of nitrogen functional groups attached to an aromatic ring is 1. The van der Waals surface area contributed by atoms with Gasteiger partial charge in [0, 0.05) is 0 Å². The number of hydrogen-bond donors (Lipinski definition) is 1. The highest BCUT2D eigenvalue weighted by molar-refractivity contribution is 5.73. The average Bonchev–Trinajstić information content (AvgIpc) is 2.15. The molecule has 0 aromatic carbocycles. The lowest BCUT2D eigenvalue weighted by Gasteiger charge is -2.11. The summed E-state index contributed by atoms with van der Waals surface area (Å²) in [5.41, 5.74) is 3.96. The Bertz CT molecular complexity index is 404. The normalized spacial score (nSPS) is 11.2. The van der Waals surface area contributed by atoms with E-state index < -0.39 is 24.3 Å². The third-order valence-corrected chi connectivity index (χ3v) is 1.82. The number of pyridine rings is 1. The molecule has 2 N–H and O–H groups in total. The quantitative estimate of drug-likeness (QED) is 0.785. The van der Waals surface area contributed by atoms with Gasteiger partial charge >= 0.3 is 12.1 Å². The van der Waals surface area contributed by atoms with Gasteiger partial charge in [0.1, 0.15) is 5.69 Å². The molecule has 4 nitrogen and oxygen atoms in total. The molecule has 1 rings (SSSR count). The van der Waals surface area contributed by atoms with E-state index in [0.29, 0.717) is 0 Å². The Morgan fingerprint density at radius 1 is 1.56 bits per heavy atom. The monoisotopic (exact) mass is 234 g/mol. The Morgan fingerprint density at radius 2 is 2.19 bits per heavy atom. The van der Waals surface area contributed by atoms with Crippen molar-refractivity contribution in [2.24, 2.45) is 0 Å². The fraction of sp³-hybridized carbons (Fsp3) is 0.333. The lowest BCUT2D eigenvalue weighted by atomic mass is 10.1. The van der Waals surface area contributed by atoms with Crippen LogP contribution in [0, 0.1) is 0 Å². The van der Waals surface area contributed by atoms with Crippen LogP contribution >= 0.6 is 0 Å². The van der Waals surface area contributed by atoms with Crippen LogP contribution in [-0.4, -0.2) is 18.1 Å². The lowest BCUT2D eigenvalue weighted by Crippen LogP contribution is -2.15. The molecule has 0 radical (unpaired) electrons. The minimum atomic E-state index is -4.61. The summed E-state index contributed by atoms with van der Waals surface area (Å²) in [7, 11) is 1.09. The van der Waals surface area contributed by atoms with Gasteiger partial charge in [0.25, 0.3) is 0 Å². The third kappa shape index (κ3) is 2.85. The standard InChI is InChI=1S/C9H9F3N2O2/c1-16-7(15)3-5-2-6(13)4-14-8(5)9(10,11)12/h2,4H,3,13H2,1H3. The number of anilines is 1. The summed E-state index contributed by atoms with van der Waals surface area (Å²) in [6.07, 6.45) is -4.23. The van der Waals surface area contributed by atoms with Crippen molar-refractivity contribution in [3.05, 3.63) is 23.5 Å². The number of alkyl halides is 3. The van der Waals surface area contributed by atoms with Crippen molar-refractivity contribution >= 4 is 11.7 Å². The maximum absolute atomic E-state index is 12.5. The van der Waals surface area contributed by atoms with E-state index in [4.69, 9.17) is 5.73 Å². The fourth-order valence-corrected chi connectivity index (χ4v) is 1.15. The van der Waals surface area contributed by atoms with Gasteiger partial charge in [0.05, 0.1) is 25.4 Å². The first-order chi connectivity index (χ1) is 7.34. The molecule has 88 valence electrons. The zero-order valence-electron chi connectivity index (χ0n) is 8.34. The summed E-state index contributed by atoms with van der Waals surface area (Å²) >= 11 is 0. The number of methoxy groups -OCH3 is 1. The van der Waals surface area contributed by atoms with Crippen molar-refractivity contribution in [3.8, 4) is 0 Å². The number of aromatic nitrogens is 1. The number of nitrogens with zero attached hydrogens (tertiary/aromatic N) is 1. The predicted molar refractivity (Wildman–Crippen MR) is 49.4 cm³/mol. The van der Waals surface area contributed by atoms with Crippen molar-refractivity contribution in [1.29, 1.82) is 0 Å². The van der Waals surface area contributed by atoms with Crippen LogP contribution in [0.4, 0.5) is 18.9 Å². The molecular formula is C9H9F3N2O2. The first kappa shape index (κ1) is 12.3. The molecule has 7 heteroatoms. The van der Waals surface area contributed by atoms with E-state index in [1.54, 1.807) is 0 Å². The Morgan fingerprint density at radius 3 is 2.69 bits per heavy atom. The second kappa shape index (κ2) is 4.38. The molecule has 0 bridgehead atoms. The molecule has 0 saturated heterocycles. The van der Waals surface area contributed by atoms with Gasteiger partial charge in [-0.25, -0.2) is 4.98 Å². The molecule has 0 spiro atoms. The van der Waals surface area contributed by atoms with Gasteiger partial charge in [-0.3, -0.25) is 4.79 Å². The maximum Gasteiger partial charge on any atom is 0.433 e. The van der Waals surface area contributed by atoms with Gasteiger partial charge < -0.3 is 10.5 Å². The molecule has 0 aliphatic heterocycles. The van der Waals surface area contributed by atoms with Crippen LogP contribution < -0.4 is 5.73 Å². The highest BCUT2D eigenvalue weighted by Crippen LogP contribution is 2.31. The average molecular weight is 234 g/mol. The molecule has 1 heterocycles. The molecule has 0 atom stereocenters. The van der Waals surface area contributed by atoms with E-state index in [9.17, 15) is 18.0 Å². The first-order valence-corrected chi connectivity index (χ1v) is 4.23. The van der Waals surface area contributed by atoms with Crippen LogP contribution in [0.2, 0.25) is 0 Å². The van der Waals surface area contributed by atoms with Crippen molar-refractivity contribution in [3.63, 3.8) is 0 Å². The molecule has 0 aliphatic carbocycles. The van der Waals surface area contributed by atoms with E-state index >= 15 is 0 Å². The third-order valence-electron chi connectivity index (χ3n) is 1.82. The number of ether oxygens (including phenoxy) is 1. The van der Waals surface area contributed by atoms with Crippen molar-refractivity contribution in [1.82, 2.24) is 4.98 Å². The number of nitrogens with two attached hydrogens (primary N) is 1. The Balaban J connectivity index is 3.13. The zero-order chi connectivity index (χ0) is 12.3. The number of esters is 1. The molecule has 1 aromatic rings. The Hall–Kier alpha value is -1.79. The van der Waals surface area contributed by atoms with Crippen LogP contribution in [-0.2, 0) is 22.1 Å². The fourth-order valence-electron chi connectivity index (χ4n) is 1.15. The predicted octanol–water partition coefficient (Wildman–Crippen LogP) is 1.40. The van der Waals surface area contributed by atoms with Crippen molar-refractivity contribution in [2.45, 2.75) is 12.6 Å². The topological polar surface area (TPSA) is 65.2 Å². The summed E-state index contributed by atoms with van der Waals surface area (Å²) in [5, 5.41) is 0.